The van der Waals surface area contributed by atoms with Crippen LogP contribution in [0.1, 0.15) is 45.4 Å². The van der Waals surface area contributed by atoms with Crippen molar-refractivity contribution in [3.63, 3.8) is 0 Å². The van der Waals surface area contributed by atoms with Crippen molar-refractivity contribution in [3.05, 3.63) is 0 Å². The second kappa shape index (κ2) is 5.17. The highest BCUT2D eigenvalue weighted by Crippen LogP contribution is 2.27. The number of likely N-dealkylation sites (N-methyl/N-ethyl adjacent to an activating group) is 1. The Hall–Kier alpha value is -0.570. The van der Waals surface area contributed by atoms with Crippen LogP contribution in [0.2, 0.25) is 0 Å². The maximum atomic E-state index is 12.4. The lowest BCUT2D eigenvalue weighted by atomic mass is 10.0. The maximum absolute atomic E-state index is 12.4. The first-order valence-electron chi connectivity index (χ1n) is 6.70. The van der Waals surface area contributed by atoms with Gasteiger partial charge in [-0.25, -0.2) is 0 Å². The van der Waals surface area contributed by atoms with E-state index in [0.29, 0.717) is 17.9 Å². The van der Waals surface area contributed by atoms with E-state index in [9.17, 15) is 4.79 Å². The summed E-state index contributed by atoms with van der Waals surface area (Å²) in [6.07, 6.45) is 7.20. The molecular weight excluding hydrogens is 200 g/mol. The van der Waals surface area contributed by atoms with Crippen LogP contribution in [0.5, 0.6) is 0 Å². The fourth-order valence-corrected chi connectivity index (χ4v) is 3.10. The van der Waals surface area contributed by atoms with E-state index in [0.717, 1.165) is 13.0 Å². The van der Waals surface area contributed by atoms with E-state index in [1.54, 1.807) is 0 Å². The van der Waals surface area contributed by atoms with E-state index in [2.05, 4.69) is 17.1 Å². The third kappa shape index (κ3) is 2.40. The van der Waals surface area contributed by atoms with Crippen LogP contribution in [0.15, 0.2) is 0 Å². The molecule has 1 saturated heterocycles. The first kappa shape index (κ1) is 11.9. The maximum Gasteiger partial charge on any atom is 0.239 e. The minimum Gasteiger partial charge on any atom is -0.338 e. The van der Waals surface area contributed by atoms with Gasteiger partial charge in [-0.3, -0.25) is 4.79 Å². The monoisotopic (exact) mass is 224 g/mol. The number of nitrogens with one attached hydrogen (secondary N) is 1. The lowest BCUT2D eigenvalue weighted by Gasteiger charge is -2.31. The molecule has 0 bridgehead atoms. The zero-order valence-electron chi connectivity index (χ0n) is 10.5. The minimum absolute atomic E-state index is 0.0607. The molecular formula is C13H24N2O. The summed E-state index contributed by atoms with van der Waals surface area (Å²) in [5, 5.41) is 3.18. The summed E-state index contributed by atoms with van der Waals surface area (Å²) in [5.41, 5.74) is 0. The zero-order chi connectivity index (χ0) is 11.5. The van der Waals surface area contributed by atoms with Gasteiger partial charge in [-0.15, -0.1) is 0 Å². The zero-order valence-corrected chi connectivity index (χ0v) is 10.5. The van der Waals surface area contributed by atoms with Crippen molar-refractivity contribution in [1.29, 1.82) is 0 Å². The van der Waals surface area contributed by atoms with Crippen LogP contribution in [-0.2, 0) is 4.79 Å². The van der Waals surface area contributed by atoms with Gasteiger partial charge in [0.25, 0.3) is 0 Å². The summed E-state index contributed by atoms with van der Waals surface area (Å²) in [6, 6.07) is 0.592. The highest BCUT2D eigenvalue weighted by Gasteiger charge is 2.33. The van der Waals surface area contributed by atoms with Crippen molar-refractivity contribution >= 4 is 5.91 Å². The van der Waals surface area contributed by atoms with Gasteiger partial charge in [-0.05, 0) is 38.6 Å². The van der Waals surface area contributed by atoms with Crippen molar-refractivity contribution < 1.29 is 4.79 Å². The molecule has 0 radical (unpaired) electrons. The van der Waals surface area contributed by atoms with E-state index in [1.807, 2.05) is 7.05 Å². The molecule has 2 aliphatic rings. The van der Waals surface area contributed by atoms with Crippen LogP contribution in [-0.4, -0.2) is 36.5 Å². The molecule has 2 atom stereocenters. The number of carbonyl (C=O) groups excluding carboxylic acids is 1. The predicted molar refractivity (Wildman–Crippen MR) is 65.2 cm³/mol. The Morgan fingerprint density at radius 2 is 1.88 bits per heavy atom. The fourth-order valence-electron chi connectivity index (χ4n) is 3.10. The Morgan fingerprint density at radius 3 is 2.50 bits per heavy atom. The summed E-state index contributed by atoms with van der Waals surface area (Å²) >= 11 is 0. The summed E-state index contributed by atoms with van der Waals surface area (Å²) in [7, 11) is 1.91. The molecule has 1 aliphatic carbocycles. The molecule has 0 spiro atoms. The van der Waals surface area contributed by atoms with Crippen LogP contribution >= 0.6 is 0 Å². The summed E-state index contributed by atoms with van der Waals surface area (Å²) < 4.78 is 0. The average Bonchev–Trinajstić information content (AvgIpc) is 2.75. The number of hydrogen-bond acceptors (Lipinski definition) is 2. The molecule has 0 aromatic carbocycles. The van der Waals surface area contributed by atoms with E-state index in [-0.39, 0.29) is 6.04 Å². The molecule has 1 N–H and O–H groups in total. The fraction of sp³-hybridized carbons (Fsp3) is 0.923. The highest BCUT2D eigenvalue weighted by molar-refractivity contribution is 5.82. The third-order valence-corrected chi connectivity index (χ3v) is 4.15. The van der Waals surface area contributed by atoms with Crippen LogP contribution in [0.25, 0.3) is 0 Å². The molecule has 2 fully saturated rings. The Balaban J connectivity index is 2.09. The number of carbonyl (C=O) groups is 1. The van der Waals surface area contributed by atoms with Crippen molar-refractivity contribution in [3.8, 4) is 0 Å². The number of nitrogens with zero attached hydrogens (tertiary/aromatic N) is 1. The van der Waals surface area contributed by atoms with Crippen molar-refractivity contribution in [2.24, 2.45) is 5.92 Å². The molecule has 2 rings (SSSR count). The van der Waals surface area contributed by atoms with Crippen LogP contribution < -0.4 is 5.32 Å². The molecule has 3 heteroatoms. The molecule has 1 amide bonds. The lowest BCUT2D eigenvalue weighted by molar-refractivity contribution is -0.135. The van der Waals surface area contributed by atoms with Crippen LogP contribution in [0, 0.1) is 5.92 Å². The minimum atomic E-state index is 0.0607. The average molecular weight is 224 g/mol. The van der Waals surface area contributed by atoms with Gasteiger partial charge in [0.2, 0.25) is 5.91 Å². The first-order valence-corrected chi connectivity index (χ1v) is 6.70. The van der Waals surface area contributed by atoms with Gasteiger partial charge in [-0.1, -0.05) is 19.8 Å². The third-order valence-electron chi connectivity index (χ3n) is 4.15. The molecule has 0 aromatic heterocycles. The Labute approximate surface area is 98.6 Å². The normalized spacial score (nSPS) is 33.1. The van der Waals surface area contributed by atoms with Gasteiger partial charge in [-0.2, -0.15) is 0 Å². The Morgan fingerprint density at radius 1 is 1.19 bits per heavy atom. The van der Waals surface area contributed by atoms with Crippen molar-refractivity contribution in [2.45, 2.75) is 57.5 Å². The second-order valence-corrected chi connectivity index (χ2v) is 5.45. The highest BCUT2D eigenvalue weighted by atomic mass is 16.2. The first-order chi connectivity index (χ1) is 7.72. The van der Waals surface area contributed by atoms with Gasteiger partial charge < -0.3 is 10.2 Å². The van der Waals surface area contributed by atoms with E-state index in [4.69, 9.17) is 0 Å². The molecule has 16 heavy (non-hydrogen) atoms. The molecule has 92 valence electrons. The molecule has 0 aromatic rings. The standard InChI is InChI=1S/C13H24N2O/c1-10-7-8-12(14-2)13(16)15(9-10)11-5-3-4-6-11/h10-12,14H,3-9H2,1-2H3. The SMILES string of the molecule is CNC1CCC(C)CN(C2CCCC2)C1=O. The molecule has 2 unspecified atom stereocenters. The van der Waals surface area contributed by atoms with Crippen molar-refractivity contribution in [1.82, 2.24) is 10.2 Å². The number of rotatable bonds is 2. The van der Waals surface area contributed by atoms with E-state index >= 15 is 0 Å². The largest absolute Gasteiger partial charge is 0.338 e. The number of likely N-dealkylation sites (tertiary alicyclic amines) is 1. The Bertz CT molecular complexity index is 248. The van der Waals surface area contributed by atoms with Gasteiger partial charge in [0.05, 0.1) is 6.04 Å². The van der Waals surface area contributed by atoms with Crippen molar-refractivity contribution in [2.75, 3.05) is 13.6 Å². The molecule has 3 nitrogen and oxygen atoms in total. The van der Waals surface area contributed by atoms with Gasteiger partial charge in [0, 0.05) is 12.6 Å². The van der Waals surface area contributed by atoms with Gasteiger partial charge in [0.1, 0.15) is 0 Å². The summed E-state index contributed by atoms with van der Waals surface area (Å²) in [5.74, 6) is 1.00. The number of hydrogen-bond donors (Lipinski definition) is 1. The topological polar surface area (TPSA) is 32.3 Å². The second-order valence-electron chi connectivity index (χ2n) is 5.45. The molecule has 1 heterocycles. The molecule has 1 aliphatic heterocycles. The van der Waals surface area contributed by atoms with E-state index < -0.39 is 0 Å². The van der Waals surface area contributed by atoms with Gasteiger partial charge >= 0.3 is 0 Å². The van der Waals surface area contributed by atoms with Gasteiger partial charge in [0.15, 0.2) is 0 Å². The predicted octanol–water partition coefficient (Wildman–Crippen LogP) is 1.78. The molecule has 1 saturated carbocycles. The summed E-state index contributed by atoms with van der Waals surface area (Å²) in [6.45, 7) is 3.24. The number of amides is 1. The quantitative estimate of drug-likeness (QED) is 0.775. The Kier molecular flexibility index (Phi) is 3.85. The van der Waals surface area contributed by atoms with Crippen LogP contribution in [0.4, 0.5) is 0 Å². The van der Waals surface area contributed by atoms with Crippen LogP contribution in [0.3, 0.4) is 0 Å². The lowest BCUT2D eigenvalue weighted by Crippen LogP contribution is -2.48. The smallest absolute Gasteiger partial charge is 0.239 e. The summed E-state index contributed by atoms with van der Waals surface area (Å²) in [4.78, 5) is 14.5. The van der Waals surface area contributed by atoms with E-state index in [1.165, 1.54) is 32.1 Å².